The second-order valence-electron chi connectivity index (χ2n) is 8.20. The molecule has 0 aliphatic carbocycles. The molecule has 34 heavy (non-hydrogen) atoms. The third-order valence-corrected chi connectivity index (χ3v) is 9.00. The second-order valence-corrected chi connectivity index (χ2v) is 11.1. The molecule has 1 fully saturated rings. The Morgan fingerprint density at radius 2 is 1.94 bits per heavy atom. The highest BCUT2D eigenvalue weighted by atomic mass is 32.2. The smallest absolute Gasteiger partial charge is 0.243 e. The van der Waals surface area contributed by atoms with Gasteiger partial charge in [0.2, 0.25) is 10.0 Å². The van der Waals surface area contributed by atoms with Crippen LogP contribution in [0, 0.1) is 13.8 Å². The topological polar surface area (TPSA) is 86.4 Å². The minimum Gasteiger partial charge on any atom is -0.379 e. The number of carbonyl (C=O) groups is 1. The fraction of sp³-hybridized carbons (Fsp3) is 0.417. The van der Waals surface area contributed by atoms with Crippen LogP contribution in [0.15, 0.2) is 47.0 Å². The van der Waals surface area contributed by atoms with E-state index in [4.69, 9.17) is 9.72 Å². The van der Waals surface area contributed by atoms with Gasteiger partial charge in [-0.2, -0.15) is 4.31 Å². The number of Topliss-reactive ketones (excluding diaryl/α,β-unsaturated/α-hetero) is 1. The van der Waals surface area contributed by atoms with Gasteiger partial charge in [-0.05, 0) is 45.0 Å². The number of carbonyl (C=O) groups excluding carboxylic acids is 1. The number of rotatable bonds is 9. The van der Waals surface area contributed by atoms with Crippen LogP contribution in [-0.2, 0) is 27.8 Å². The molecule has 1 aliphatic heterocycles. The van der Waals surface area contributed by atoms with Crippen molar-refractivity contribution in [2.45, 2.75) is 43.9 Å². The Hall–Kier alpha value is -2.40. The number of morpholine rings is 1. The first-order valence-electron chi connectivity index (χ1n) is 11.3. The molecule has 0 atom stereocenters. The van der Waals surface area contributed by atoms with E-state index < -0.39 is 10.0 Å². The van der Waals surface area contributed by atoms with E-state index in [0.29, 0.717) is 55.6 Å². The summed E-state index contributed by atoms with van der Waals surface area (Å²) in [5.74, 6) is 0.291. The van der Waals surface area contributed by atoms with Crippen LogP contribution in [0.1, 0.15) is 28.7 Å². The lowest BCUT2D eigenvalue weighted by Gasteiger charge is -2.26. The zero-order valence-electron chi connectivity index (χ0n) is 19.8. The summed E-state index contributed by atoms with van der Waals surface area (Å²) in [6.45, 7) is 12.6. The Labute approximate surface area is 204 Å². The number of fused-ring (bicyclic) bond motifs is 1. The molecule has 10 heteroatoms. The summed E-state index contributed by atoms with van der Waals surface area (Å²) in [5, 5.41) is 0.701. The van der Waals surface area contributed by atoms with Crippen LogP contribution in [-0.4, -0.2) is 64.7 Å². The average Bonchev–Trinajstić information content (AvgIpc) is 3.34. The molecule has 3 aromatic rings. The monoisotopic (exact) mass is 502 g/mol. The van der Waals surface area contributed by atoms with Crippen molar-refractivity contribution >= 4 is 38.6 Å². The number of sulfonamides is 1. The van der Waals surface area contributed by atoms with Gasteiger partial charge >= 0.3 is 0 Å². The summed E-state index contributed by atoms with van der Waals surface area (Å²) in [4.78, 5) is 17.9. The molecule has 0 bridgehead atoms. The second kappa shape index (κ2) is 10.1. The molecule has 8 nitrogen and oxygen atoms in total. The molecule has 4 rings (SSSR count). The summed E-state index contributed by atoms with van der Waals surface area (Å²) >= 11 is 1.38. The van der Waals surface area contributed by atoms with Crippen molar-refractivity contribution in [3.05, 3.63) is 53.9 Å². The van der Waals surface area contributed by atoms with Crippen molar-refractivity contribution in [3.8, 4) is 0 Å². The summed E-state index contributed by atoms with van der Waals surface area (Å²) in [7, 11) is -3.60. The molecule has 1 aliphatic rings. The minimum atomic E-state index is -3.60. The number of hydrogen-bond acceptors (Lipinski definition) is 6. The summed E-state index contributed by atoms with van der Waals surface area (Å²) in [5.41, 5.74) is 4.13. The number of imidazole rings is 1. The van der Waals surface area contributed by atoms with E-state index in [0.717, 1.165) is 16.9 Å². The Balaban J connectivity index is 1.58. The Bertz CT molecular complexity index is 1330. The number of thioether (sulfide) groups is 1. The molecule has 0 radical (unpaired) electrons. The maximum Gasteiger partial charge on any atom is 0.243 e. The molecule has 1 aromatic carbocycles. The number of allylic oxidation sites excluding steroid dienone is 1. The van der Waals surface area contributed by atoms with Gasteiger partial charge in [0.05, 0.1) is 34.9 Å². The fourth-order valence-corrected chi connectivity index (χ4v) is 6.69. The van der Waals surface area contributed by atoms with Crippen LogP contribution in [0.5, 0.6) is 0 Å². The van der Waals surface area contributed by atoms with Gasteiger partial charge in [0.1, 0.15) is 0 Å². The molecule has 2 aromatic heterocycles. The van der Waals surface area contributed by atoms with Crippen molar-refractivity contribution in [1.82, 2.24) is 18.4 Å². The van der Waals surface area contributed by atoms with Crippen molar-refractivity contribution in [2.24, 2.45) is 0 Å². The molecule has 3 heterocycles. The summed E-state index contributed by atoms with van der Waals surface area (Å²) < 4.78 is 36.9. The number of nitrogens with zero attached hydrogens (tertiary/aromatic N) is 4. The molecule has 0 amide bonds. The number of aromatic nitrogens is 3. The highest BCUT2D eigenvalue weighted by Crippen LogP contribution is 2.28. The van der Waals surface area contributed by atoms with E-state index in [-0.39, 0.29) is 16.4 Å². The lowest BCUT2D eigenvalue weighted by molar-refractivity contribution is 0.0730. The normalized spacial score (nSPS) is 15.1. The quantitative estimate of drug-likeness (QED) is 0.252. The predicted molar refractivity (Wildman–Crippen MR) is 134 cm³/mol. The summed E-state index contributed by atoms with van der Waals surface area (Å²) in [6.07, 6.45) is 1.82. The van der Waals surface area contributed by atoms with Crippen molar-refractivity contribution in [1.29, 1.82) is 0 Å². The number of hydrogen-bond donors (Lipinski definition) is 0. The molecule has 0 saturated carbocycles. The van der Waals surface area contributed by atoms with Gasteiger partial charge in [0, 0.05) is 43.1 Å². The first-order chi connectivity index (χ1) is 16.3. The first-order valence-corrected chi connectivity index (χ1v) is 13.7. The first kappa shape index (κ1) is 24.7. The molecular weight excluding hydrogens is 472 g/mol. The van der Waals surface area contributed by atoms with Gasteiger partial charge in [-0.3, -0.25) is 4.79 Å². The van der Waals surface area contributed by atoms with Gasteiger partial charge in [0.15, 0.2) is 10.9 Å². The maximum atomic E-state index is 13.0. The van der Waals surface area contributed by atoms with Gasteiger partial charge < -0.3 is 13.9 Å². The average molecular weight is 503 g/mol. The molecular formula is C24H30N4O4S2. The van der Waals surface area contributed by atoms with Crippen LogP contribution >= 0.6 is 11.8 Å². The number of ketones is 1. The summed E-state index contributed by atoms with van der Waals surface area (Å²) in [6, 6.07) is 6.98. The van der Waals surface area contributed by atoms with E-state index in [1.807, 2.05) is 37.5 Å². The molecule has 1 saturated heterocycles. The van der Waals surface area contributed by atoms with Gasteiger partial charge in [-0.15, -0.1) is 6.58 Å². The van der Waals surface area contributed by atoms with E-state index in [9.17, 15) is 13.2 Å². The molecule has 182 valence electrons. The van der Waals surface area contributed by atoms with Crippen LogP contribution in [0.2, 0.25) is 0 Å². The third kappa shape index (κ3) is 4.59. The third-order valence-electron chi connectivity index (χ3n) is 6.13. The van der Waals surface area contributed by atoms with Gasteiger partial charge in [0.25, 0.3) is 0 Å². The van der Waals surface area contributed by atoms with Crippen LogP contribution in [0.4, 0.5) is 0 Å². The number of ether oxygens (including phenoxy) is 1. The lowest BCUT2D eigenvalue weighted by Crippen LogP contribution is -2.40. The predicted octanol–water partition coefficient (Wildman–Crippen LogP) is 3.66. The molecule has 0 spiro atoms. The number of benzene rings is 1. The highest BCUT2D eigenvalue weighted by Gasteiger charge is 2.27. The zero-order chi connectivity index (χ0) is 24.5. The molecule has 0 unspecified atom stereocenters. The lowest BCUT2D eigenvalue weighted by atomic mass is 10.2. The van der Waals surface area contributed by atoms with Crippen molar-refractivity contribution in [2.75, 3.05) is 32.1 Å². The standard InChI is InChI=1S/C24H30N4O4S2/c1-5-9-28-17(3)14-20(18(28)4)23(29)16-33-24-25-21-15-19(7-8-22(21)27(24)6-2)34(30,31)26-10-12-32-13-11-26/h5,7-8,14-15H,1,6,9-13,16H2,2-4H3. The largest absolute Gasteiger partial charge is 0.379 e. The fourth-order valence-electron chi connectivity index (χ4n) is 4.30. The van der Waals surface area contributed by atoms with E-state index in [1.165, 1.54) is 16.1 Å². The van der Waals surface area contributed by atoms with Crippen LogP contribution in [0.3, 0.4) is 0 Å². The SMILES string of the molecule is C=CCn1c(C)cc(C(=O)CSc2nc3cc(S(=O)(=O)N4CCOCC4)ccc3n2CC)c1C. The van der Waals surface area contributed by atoms with Crippen molar-refractivity contribution in [3.63, 3.8) is 0 Å². The van der Waals surface area contributed by atoms with Crippen LogP contribution < -0.4 is 0 Å². The zero-order valence-corrected chi connectivity index (χ0v) is 21.4. The Kier molecular flexibility index (Phi) is 7.32. The Morgan fingerprint density at radius 3 is 2.62 bits per heavy atom. The van der Waals surface area contributed by atoms with Gasteiger partial charge in [-0.1, -0.05) is 17.8 Å². The molecule has 0 N–H and O–H groups in total. The van der Waals surface area contributed by atoms with E-state index in [2.05, 4.69) is 11.1 Å². The van der Waals surface area contributed by atoms with Gasteiger partial charge in [-0.25, -0.2) is 13.4 Å². The number of aryl methyl sites for hydroxylation is 2. The van der Waals surface area contributed by atoms with Crippen LogP contribution in [0.25, 0.3) is 11.0 Å². The van der Waals surface area contributed by atoms with Crippen molar-refractivity contribution < 1.29 is 17.9 Å². The Morgan fingerprint density at radius 1 is 1.21 bits per heavy atom. The maximum absolute atomic E-state index is 13.0. The minimum absolute atomic E-state index is 0.0405. The van der Waals surface area contributed by atoms with E-state index in [1.54, 1.807) is 18.2 Å². The highest BCUT2D eigenvalue weighted by molar-refractivity contribution is 7.99. The van der Waals surface area contributed by atoms with E-state index >= 15 is 0 Å².